The molecule has 0 aliphatic carbocycles. The van der Waals surface area contributed by atoms with Crippen LogP contribution in [0.1, 0.15) is 18.9 Å². The van der Waals surface area contributed by atoms with Gasteiger partial charge in [-0.05, 0) is 71.9 Å². The molecule has 0 bridgehead atoms. The molecule has 0 amide bonds. The molecule has 0 saturated heterocycles. The third kappa shape index (κ3) is 2.10. The monoisotopic (exact) mass is 529 g/mol. The second kappa shape index (κ2) is 6.45. The standard InChI is InChI=1S/C31H19N3S3/c1-16-6-7-22-19-10-15-37-31(19)25-27-23(29-17(8-13-35-29)20-4-2-11-32(20)27)26-24(28(25)34(16)22)30-18(9-14-36-30)21-5-3-12-33(21)26/h2-5,7-16H,6H2,1H3. The van der Waals surface area contributed by atoms with E-state index in [-0.39, 0.29) is 0 Å². The topological polar surface area (TPSA) is 12.1 Å². The number of aromatic nitrogens is 2. The van der Waals surface area contributed by atoms with Crippen LogP contribution in [0.5, 0.6) is 0 Å². The molecule has 0 N–H and O–H groups in total. The fraction of sp³-hybridized carbons (Fsp3) is 0.0968. The summed E-state index contributed by atoms with van der Waals surface area (Å²) in [6.45, 7) is 2.38. The summed E-state index contributed by atoms with van der Waals surface area (Å²) in [4.78, 5) is 4.07. The van der Waals surface area contributed by atoms with Gasteiger partial charge in [-0.2, -0.15) is 0 Å². The van der Waals surface area contributed by atoms with Gasteiger partial charge in [0, 0.05) is 71.1 Å². The lowest BCUT2D eigenvalue weighted by Gasteiger charge is -2.36. The average molecular weight is 530 g/mol. The Morgan fingerprint density at radius 1 is 0.757 bits per heavy atom. The van der Waals surface area contributed by atoms with Gasteiger partial charge in [0.1, 0.15) is 0 Å². The van der Waals surface area contributed by atoms with Crippen LogP contribution in [0.15, 0.2) is 77.1 Å². The van der Waals surface area contributed by atoms with E-state index in [0.717, 1.165) is 6.42 Å². The molecular formula is C31H19N3S3. The molecule has 10 rings (SSSR count). The lowest BCUT2D eigenvalue weighted by molar-refractivity contribution is 0.766. The third-order valence-electron chi connectivity index (χ3n) is 8.50. The van der Waals surface area contributed by atoms with Crippen molar-refractivity contribution in [3.8, 4) is 10.4 Å². The van der Waals surface area contributed by atoms with Crippen LogP contribution >= 0.6 is 34.0 Å². The van der Waals surface area contributed by atoms with E-state index in [0.29, 0.717) is 6.04 Å². The van der Waals surface area contributed by atoms with Crippen LogP contribution in [0.2, 0.25) is 0 Å². The summed E-state index contributed by atoms with van der Waals surface area (Å²) in [5, 5.41) is 12.3. The first kappa shape index (κ1) is 19.5. The lowest BCUT2D eigenvalue weighted by atomic mass is 9.91. The number of nitrogens with zero attached hydrogens (tertiary/aromatic N) is 3. The maximum absolute atomic E-state index is 2.66. The summed E-state index contributed by atoms with van der Waals surface area (Å²) < 4.78 is 7.72. The fourth-order valence-corrected chi connectivity index (χ4v) is 9.94. The number of rotatable bonds is 0. The highest BCUT2D eigenvalue weighted by Gasteiger charge is 2.38. The van der Waals surface area contributed by atoms with Crippen molar-refractivity contribution in [1.82, 2.24) is 8.80 Å². The SMILES string of the molecule is CC1CC=C2c3ccsc3-c3c(c4c5sccc5c5cccn5c4c4c5sccc5c5cccn5c34)N21. The van der Waals surface area contributed by atoms with Gasteiger partial charge in [0.2, 0.25) is 0 Å². The molecule has 9 heterocycles. The van der Waals surface area contributed by atoms with Gasteiger partial charge in [-0.3, -0.25) is 0 Å². The van der Waals surface area contributed by atoms with E-state index < -0.39 is 0 Å². The predicted octanol–water partition coefficient (Wildman–Crippen LogP) is 9.61. The number of benzene rings is 1. The first-order chi connectivity index (χ1) is 18.3. The molecule has 8 aromatic rings. The van der Waals surface area contributed by atoms with Gasteiger partial charge in [0.25, 0.3) is 0 Å². The van der Waals surface area contributed by atoms with Crippen LogP contribution in [-0.2, 0) is 0 Å². The van der Waals surface area contributed by atoms with E-state index in [2.05, 4.69) is 97.7 Å². The Morgan fingerprint density at radius 3 is 2.19 bits per heavy atom. The van der Waals surface area contributed by atoms with Gasteiger partial charge in [-0.25, -0.2) is 0 Å². The van der Waals surface area contributed by atoms with E-state index in [9.17, 15) is 0 Å². The Morgan fingerprint density at radius 2 is 1.43 bits per heavy atom. The highest BCUT2D eigenvalue weighted by molar-refractivity contribution is 7.19. The minimum atomic E-state index is 0.420. The Balaban J connectivity index is 1.66. The zero-order chi connectivity index (χ0) is 24.0. The largest absolute Gasteiger partial charge is 0.337 e. The molecule has 0 fully saturated rings. The zero-order valence-electron chi connectivity index (χ0n) is 19.9. The van der Waals surface area contributed by atoms with Crippen molar-refractivity contribution in [2.24, 2.45) is 0 Å². The average Bonchev–Trinajstić information content (AvgIpc) is 3.74. The second-order valence-electron chi connectivity index (χ2n) is 10.2. The van der Waals surface area contributed by atoms with Crippen molar-refractivity contribution in [2.45, 2.75) is 19.4 Å². The summed E-state index contributed by atoms with van der Waals surface area (Å²) >= 11 is 5.66. The van der Waals surface area contributed by atoms with Gasteiger partial charge in [-0.15, -0.1) is 34.0 Å². The van der Waals surface area contributed by atoms with Crippen molar-refractivity contribution in [1.29, 1.82) is 0 Å². The van der Waals surface area contributed by atoms with Crippen LogP contribution in [0, 0.1) is 0 Å². The summed E-state index contributed by atoms with van der Waals surface area (Å²) in [7, 11) is 0. The van der Waals surface area contributed by atoms with Crippen LogP contribution < -0.4 is 4.90 Å². The van der Waals surface area contributed by atoms with Crippen LogP contribution in [0.3, 0.4) is 0 Å². The number of fused-ring (bicyclic) bond motifs is 21. The molecule has 37 heavy (non-hydrogen) atoms. The minimum absolute atomic E-state index is 0.420. The number of thiophene rings is 3. The van der Waals surface area contributed by atoms with Crippen LogP contribution in [0.25, 0.3) is 69.1 Å². The van der Waals surface area contributed by atoms with Crippen molar-refractivity contribution >= 4 is 98.4 Å². The van der Waals surface area contributed by atoms with Crippen molar-refractivity contribution in [3.05, 3.63) is 82.6 Å². The first-order valence-corrected chi connectivity index (χ1v) is 15.3. The minimum Gasteiger partial charge on any atom is -0.337 e. The molecule has 1 unspecified atom stereocenters. The van der Waals surface area contributed by atoms with Gasteiger partial charge in [0.15, 0.2) is 0 Å². The molecular weight excluding hydrogens is 511 g/mol. The van der Waals surface area contributed by atoms with Crippen molar-refractivity contribution in [2.75, 3.05) is 4.90 Å². The highest BCUT2D eigenvalue weighted by atomic mass is 32.1. The number of anilines is 1. The summed E-state index contributed by atoms with van der Waals surface area (Å²) in [6.07, 6.45) is 8.07. The molecule has 1 atom stereocenters. The first-order valence-electron chi connectivity index (χ1n) is 12.6. The number of pyridine rings is 2. The summed E-state index contributed by atoms with van der Waals surface area (Å²) in [5.74, 6) is 0. The number of hydrogen-bond acceptors (Lipinski definition) is 4. The molecule has 0 saturated carbocycles. The molecule has 176 valence electrons. The van der Waals surface area contributed by atoms with Crippen molar-refractivity contribution in [3.63, 3.8) is 0 Å². The maximum Gasteiger partial charge on any atom is 0.0672 e. The normalized spacial score (nSPS) is 17.1. The molecule has 2 aliphatic rings. The Kier molecular flexibility index (Phi) is 3.41. The molecule has 2 aliphatic heterocycles. The van der Waals surface area contributed by atoms with Gasteiger partial charge in [-0.1, -0.05) is 6.08 Å². The third-order valence-corrected chi connectivity index (χ3v) is 11.3. The lowest BCUT2D eigenvalue weighted by Crippen LogP contribution is -2.29. The van der Waals surface area contributed by atoms with Crippen molar-refractivity contribution < 1.29 is 0 Å². The molecule has 3 nitrogen and oxygen atoms in total. The quantitative estimate of drug-likeness (QED) is 0.178. The number of hydrogen-bond donors (Lipinski definition) is 0. The van der Waals surface area contributed by atoms with Gasteiger partial charge < -0.3 is 13.7 Å². The summed E-state index contributed by atoms with van der Waals surface area (Å²) in [5.41, 5.74) is 10.8. The smallest absolute Gasteiger partial charge is 0.0672 e. The van der Waals surface area contributed by atoms with E-state index in [1.54, 1.807) is 0 Å². The summed E-state index contributed by atoms with van der Waals surface area (Å²) in [6, 6.07) is 16.3. The van der Waals surface area contributed by atoms with Gasteiger partial charge >= 0.3 is 0 Å². The Hall–Kier alpha value is -3.58. The molecule has 0 radical (unpaired) electrons. The maximum atomic E-state index is 2.66. The van der Waals surface area contributed by atoms with E-state index >= 15 is 0 Å². The van der Waals surface area contributed by atoms with E-state index in [4.69, 9.17) is 0 Å². The Labute approximate surface area is 223 Å². The zero-order valence-corrected chi connectivity index (χ0v) is 22.3. The highest BCUT2D eigenvalue weighted by Crippen LogP contribution is 2.58. The molecule has 1 aromatic carbocycles. The van der Waals surface area contributed by atoms with Crippen LogP contribution in [0.4, 0.5) is 5.69 Å². The Bertz CT molecular complexity index is 2320. The van der Waals surface area contributed by atoms with E-state index in [1.807, 2.05) is 34.0 Å². The van der Waals surface area contributed by atoms with E-state index in [1.165, 1.54) is 80.4 Å². The predicted molar refractivity (Wildman–Crippen MR) is 162 cm³/mol. The molecule has 6 heteroatoms. The fourth-order valence-electron chi connectivity index (χ4n) is 7.09. The second-order valence-corrected chi connectivity index (χ2v) is 13.0. The van der Waals surface area contributed by atoms with Crippen LogP contribution in [-0.4, -0.2) is 14.8 Å². The molecule has 7 aromatic heterocycles. The molecule has 0 spiro atoms. The van der Waals surface area contributed by atoms with Gasteiger partial charge in [0.05, 0.1) is 27.8 Å².